The van der Waals surface area contributed by atoms with E-state index in [0.717, 1.165) is 17.1 Å². The maximum atomic E-state index is 8.86. The molecule has 2 rings (SSSR count). The molecule has 15 heavy (non-hydrogen) atoms. The molecule has 78 valence electrons. The van der Waals surface area contributed by atoms with Crippen LogP contribution in [0.25, 0.3) is 11.3 Å². The van der Waals surface area contributed by atoms with Crippen molar-refractivity contribution < 1.29 is 5.11 Å². The molecule has 2 aromatic rings. The first kappa shape index (κ1) is 9.86. The highest BCUT2D eigenvalue weighted by molar-refractivity contribution is 5.56. The van der Waals surface area contributed by atoms with Crippen LogP contribution in [-0.2, 0) is 13.5 Å². The number of aliphatic hydroxyl groups excluding tert-OH is 1. The molecule has 2 aromatic heterocycles. The van der Waals surface area contributed by atoms with Crippen LogP contribution in [0.15, 0.2) is 30.7 Å². The highest BCUT2D eigenvalue weighted by atomic mass is 16.3. The highest BCUT2D eigenvalue weighted by Gasteiger charge is 2.06. The second-order valence-corrected chi connectivity index (χ2v) is 3.37. The number of hydrogen-bond acceptors (Lipinski definition) is 3. The molecule has 0 amide bonds. The van der Waals surface area contributed by atoms with Crippen LogP contribution in [0.4, 0.5) is 0 Å². The largest absolute Gasteiger partial charge is 0.396 e. The van der Waals surface area contributed by atoms with Gasteiger partial charge in [0.05, 0.1) is 12.3 Å². The fourth-order valence-corrected chi connectivity index (χ4v) is 1.49. The Labute approximate surface area is 88.2 Å². The number of aryl methyl sites for hydroxylation is 1. The molecule has 4 heteroatoms. The van der Waals surface area contributed by atoms with E-state index in [2.05, 4.69) is 9.97 Å². The first-order valence-electron chi connectivity index (χ1n) is 4.85. The minimum Gasteiger partial charge on any atom is -0.396 e. The first-order valence-corrected chi connectivity index (χ1v) is 4.85. The topological polar surface area (TPSA) is 50.9 Å². The monoisotopic (exact) mass is 203 g/mol. The molecule has 4 nitrogen and oxygen atoms in total. The first-order chi connectivity index (χ1) is 7.31. The summed E-state index contributed by atoms with van der Waals surface area (Å²) in [6, 6.07) is 3.85. The number of aromatic nitrogens is 3. The minimum absolute atomic E-state index is 0.122. The van der Waals surface area contributed by atoms with Crippen LogP contribution < -0.4 is 0 Å². The number of hydrogen-bond donors (Lipinski definition) is 1. The lowest BCUT2D eigenvalue weighted by Gasteiger charge is -1.95. The molecule has 0 aromatic carbocycles. The fraction of sp³-hybridized carbons (Fsp3) is 0.273. The number of rotatable bonds is 3. The maximum Gasteiger partial charge on any atom is 0.111 e. The van der Waals surface area contributed by atoms with Crippen LogP contribution in [0.1, 0.15) is 5.82 Å². The average molecular weight is 203 g/mol. The third-order valence-corrected chi connectivity index (χ3v) is 2.27. The van der Waals surface area contributed by atoms with E-state index in [1.165, 1.54) is 0 Å². The Morgan fingerprint density at radius 1 is 1.47 bits per heavy atom. The van der Waals surface area contributed by atoms with Gasteiger partial charge in [0.15, 0.2) is 0 Å². The third kappa shape index (κ3) is 2.05. The number of pyridine rings is 1. The lowest BCUT2D eigenvalue weighted by atomic mass is 10.2. The van der Waals surface area contributed by atoms with Gasteiger partial charge in [-0.1, -0.05) is 0 Å². The summed E-state index contributed by atoms with van der Waals surface area (Å²) < 4.78 is 1.93. The highest BCUT2D eigenvalue weighted by Crippen LogP contribution is 2.16. The predicted molar refractivity (Wildman–Crippen MR) is 57.2 cm³/mol. The summed E-state index contributed by atoms with van der Waals surface area (Å²) in [6.07, 6.45) is 6.05. The van der Waals surface area contributed by atoms with Crippen molar-refractivity contribution in [2.75, 3.05) is 6.61 Å². The SMILES string of the molecule is Cn1cc(-c2cccnc2)nc1CCO. The van der Waals surface area contributed by atoms with Crippen molar-refractivity contribution in [3.63, 3.8) is 0 Å². The molecule has 2 heterocycles. The van der Waals surface area contributed by atoms with Gasteiger partial charge in [-0.15, -0.1) is 0 Å². The van der Waals surface area contributed by atoms with Crippen LogP contribution in [0, 0.1) is 0 Å². The van der Waals surface area contributed by atoms with Gasteiger partial charge < -0.3 is 9.67 Å². The second-order valence-electron chi connectivity index (χ2n) is 3.37. The Morgan fingerprint density at radius 2 is 2.33 bits per heavy atom. The quantitative estimate of drug-likeness (QED) is 0.810. The minimum atomic E-state index is 0.122. The molecule has 0 atom stereocenters. The van der Waals surface area contributed by atoms with Crippen molar-refractivity contribution in [1.29, 1.82) is 0 Å². The van der Waals surface area contributed by atoms with Crippen LogP contribution >= 0.6 is 0 Å². The molecule has 0 aliphatic heterocycles. The number of nitrogens with zero attached hydrogens (tertiary/aromatic N) is 3. The van der Waals surface area contributed by atoms with E-state index in [-0.39, 0.29) is 6.61 Å². The van der Waals surface area contributed by atoms with E-state index in [0.29, 0.717) is 6.42 Å². The molecular formula is C11H13N3O. The summed E-state index contributed by atoms with van der Waals surface area (Å²) in [5.74, 6) is 0.886. The van der Waals surface area contributed by atoms with Gasteiger partial charge in [0.1, 0.15) is 5.82 Å². The van der Waals surface area contributed by atoms with Gasteiger partial charge in [-0.25, -0.2) is 4.98 Å². The van der Waals surface area contributed by atoms with Gasteiger partial charge in [0, 0.05) is 37.6 Å². The van der Waals surface area contributed by atoms with E-state index in [4.69, 9.17) is 5.11 Å². The van der Waals surface area contributed by atoms with Gasteiger partial charge in [-0.2, -0.15) is 0 Å². The standard InChI is InChI=1S/C11H13N3O/c1-14-8-10(13-11(14)4-6-15)9-3-2-5-12-7-9/h2-3,5,7-8,15H,4,6H2,1H3. The Kier molecular flexibility index (Phi) is 2.78. The van der Waals surface area contributed by atoms with E-state index >= 15 is 0 Å². The van der Waals surface area contributed by atoms with Crippen molar-refractivity contribution >= 4 is 0 Å². The molecule has 0 spiro atoms. The Morgan fingerprint density at radius 3 is 3.00 bits per heavy atom. The summed E-state index contributed by atoms with van der Waals surface area (Å²) in [7, 11) is 1.93. The summed E-state index contributed by atoms with van der Waals surface area (Å²) >= 11 is 0. The Bertz CT molecular complexity index is 436. The molecule has 0 bridgehead atoms. The molecular weight excluding hydrogens is 190 g/mol. The molecule has 0 saturated heterocycles. The molecule has 0 aliphatic rings. The molecule has 0 unspecified atom stereocenters. The third-order valence-electron chi connectivity index (χ3n) is 2.27. The van der Waals surface area contributed by atoms with Crippen molar-refractivity contribution in [3.05, 3.63) is 36.5 Å². The smallest absolute Gasteiger partial charge is 0.111 e. The van der Waals surface area contributed by atoms with E-state index < -0.39 is 0 Å². The van der Waals surface area contributed by atoms with Gasteiger partial charge in [-0.3, -0.25) is 4.98 Å². The molecule has 0 saturated carbocycles. The fourth-order valence-electron chi connectivity index (χ4n) is 1.49. The lowest BCUT2D eigenvalue weighted by Crippen LogP contribution is -1.99. The van der Waals surface area contributed by atoms with Crippen LogP contribution in [-0.4, -0.2) is 26.2 Å². The van der Waals surface area contributed by atoms with E-state index in [1.807, 2.05) is 29.9 Å². The average Bonchev–Trinajstić information content (AvgIpc) is 2.63. The maximum absolute atomic E-state index is 8.86. The van der Waals surface area contributed by atoms with Crippen molar-refractivity contribution in [1.82, 2.24) is 14.5 Å². The van der Waals surface area contributed by atoms with Crippen LogP contribution in [0.2, 0.25) is 0 Å². The summed E-state index contributed by atoms with van der Waals surface area (Å²) in [5.41, 5.74) is 1.89. The van der Waals surface area contributed by atoms with Crippen LogP contribution in [0.5, 0.6) is 0 Å². The Hall–Kier alpha value is -1.68. The zero-order valence-electron chi connectivity index (χ0n) is 8.59. The van der Waals surface area contributed by atoms with Crippen molar-refractivity contribution in [2.45, 2.75) is 6.42 Å². The van der Waals surface area contributed by atoms with Gasteiger partial charge in [-0.05, 0) is 12.1 Å². The normalized spacial score (nSPS) is 10.5. The second kappa shape index (κ2) is 4.23. The van der Waals surface area contributed by atoms with Gasteiger partial charge in [0.2, 0.25) is 0 Å². The van der Waals surface area contributed by atoms with Crippen molar-refractivity contribution in [2.24, 2.45) is 7.05 Å². The van der Waals surface area contributed by atoms with Crippen molar-refractivity contribution in [3.8, 4) is 11.3 Å². The zero-order chi connectivity index (χ0) is 10.7. The van der Waals surface area contributed by atoms with Gasteiger partial charge in [0.25, 0.3) is 0 Å². The predicted octanol–water partition coefficient (Wildman–Crippen LogP) is 1.02. The summed E-state index contributed by atoms with van der Waals surface area (Å²) in [5, 5.41) is 8.86. The molecule has 0 fully saturated rings. The Balaban J connectivity index is 2.34. The zero-order valence-corrected chi connectivity index (χ0v) is 8.59. The molecule has 1 N–H and O–H groups in total. The van der Waals surface area contributed by atoms with E-state index in [9.17, 15) is 0 Å². The number of imidazole rings is 1. The molecule has 0 aliphatic carbocycles. The van der Waals surface area contributed by atoms with Crippen LogP contribution in [0.3, 0.4) is 0 Å². The summed E-state index contributed by atoms with van der Waals surface area (Å²) in [6.45, 7) is 0.122. The lowest BCUT2D eigenvalue weighted by molar-refractivity contribution is 0.295. The van der Waals surface area contributed by atoms with E-state index in [1.54, 1.807) is 12.4 Å². The molecule has 0 radical (unpaired) electrons. The summed E-state index contributed by atoms with van der Waals surface area (Å²) in [4.78, 5) is 8.48. The number of aliphatic hydroxyl groups is 1. The van der Waals surface area contributed by atoms with Gasteiger partial charge >= 0.3 is 0 Å².